The van der Waals surface area contributed by atoms with Gasteiger partial charge in [-0.3, -0.25) is 14.5 Å². The molecule has 0 aliphatic carbocycles. The summed E-state index contributed by atoms with van der Waals surface area (Å²) in [6.07, 6.45) is 2.91. The quantitative estimate of drug-likeness (QED) is 0.753. The second kappa shape index (κ2) is 10.2. The molecule has 1 heterocycles. The number of carbonyl (C=O) groups excluding carboxylic acids is 2. The molecule has 0 radical (unpaired) electrons. The van der Waals surface area contributed by atoms with Crippen LogP contribution in [0.2, 0.25) is 0 Å². The molecule has 1 saturated heterocycles. The number of hydrogen-bond donors (Lipinski definition) is 2. The van der Waals surface area contributed by atoms with Crippen LogP contribution in [0.15, 0.2) is 48.5 Å². The van der Waals surface area contributed by atoms with E-state index in [0.717, 1.165) is 36.8 Å². The third-order valence-corrected chi connectivity index (χ3v) is 5.37. The van der Waals surface area contributed by atoms with E-state index in [4.69, 9.17) is 0 Å². The van der Waals surface area contributed by atoms with Crippen LogP contribution in [0.3, 0.4) is 0 Å². The SMILES string of the molecule is CC(=O)Nc1ccc(CC(=O)NCc2ccccc2CN2CCC[C@H](C)C2)cc1. The second-order valence-electron chi connectivity index (χ2n) is 8.08. The van der Waals surface area contributed by atoms with Gasteiger partial charge in [-0.05, 0) is 54.1 Å². The van der Waals surface area contributed by atoms with Gasteiger partial charge in [0.05, 0.1) is 6.42 Å². The van der Waals surface area contributed by atoms with Crippen molar-refractivity contribution in [3.63, 3.8) is 0 Å². The Labute approximate surface area is 173 Å². The van der Waals surface area contributed by atoms with E-state index in [1.165, 1.54) is 30.9 Å². The largest absolute Gasteiger partial charge is 0.352 e. The monoisotopic (exact) mass is 393 g/mol. The molecular weight excluding hydrogens is 362 g/mol. The van der Waals surface area contributed by atoms with Gasteiger partial charge in [0.25, 0.3) is 0 Å². The number of carbonyl (C=O) groups is 2. The number of nitrogens with one attached hydrogen (secondary N) is 2. The maximum absolute atomic E-state index is 12.4. The van der Waals surface area contributed by atoms with Gasteiger partial charge in [0, 0.05) is 32.2 Å². The average molecular weight is 394 g/mol. The summed E-state index contributed by atoms with van der Waals surface area (Å²) in [5.74, 6) is 0.652. The van der Waals surface area contributed by atoms with Gasteiger partial charge in [0.2, 0.25) is 11.8 Å². The molecule has 0 aromatic heterocycles. The topological polar surface area (TPSA) is 61.4 Å². The Morgan fingerprint density at radius 3 is 2.48 bits per heavy atom. The number of likely N-dealkylation sites (tertiary alicyclic amines) is 1. The van der Waals surface area contributed by atoms with E-state index in [1.807, 2.05) is 30.3 Å². The molecule has 154 valence electrons. The Bertz CT molecular complexity index is 832. The Balaban J connectivity index is 1.53. The Morgan fingerprint density at radius 1 is 1.07 bits per heavy atom. The van der Waals surface area contributed by atoms with Gasteiger partial charge in [-0.25, -0.2) is 0 Å². The second-order valence-corrected chi connectivity index (χ2v) is 8.08. The summed E-state index contributed by atoms with van der Waals surface area (Å²) in [6, 6.07) is 15.8. The van der Waals surface area contributed by atoms with Crippen LogP contribution in [0.25, 0.3) is 0 Å². The molecule has 5 heteroatoms. The van der Waals surface area contributed by atoms with Crippen molar-refractivity contribution in [3.8, 4) is 0 Å². The standard InChI is InChI=1S/C24H31N3O2/c1-18-6-5-13-27(16-18)17-22-8-4-3-7-21(22)15-25-24(29)14-20-9-11-23(12-10-20)26-19(2)28/h3-4,7-12,18H,5-6,13-17H2,1-2H3,(H,25,29)(H,26,28)/t18-/m0/s1. The zero-order chi connectivity index (χ0) is 20.6. The van der Waals surface area contributed by atoms with Crippen molar-refractivity contribution in [1.82, 2.24) is 10.2 Å². The summed E-state index contributed by atoms with van der Waals surface area (Å²) < 4.78 is 0. The minimum Gasteiger partial charge on any atom is -0.352 e. The van der Waals surface area contributed by atoms with Crippen molar-refractivity contribution < 1.29 is 9.59 Å². The molecular formula is C24H31N3O2. The molecule has 0 bridgehead atoms. The summed E-state index contributed by atoms with van der Waals surface area (Å²) in [5, 5.41) is 5.78. The fraction of sp³-hybridized carbons (Fsp3) is 0.417. The first kappa shape index (κ1) is 21.1. The maximum atomic E-state index is 12.4. The molecule has 1 aliphatic heterocycles. The molecule has 2 aromatic rings. The summed E-state index contributed by atoms with van der Waals surface area (Å²) in [5.41, 5.74) is 4.14. The van der Waals surface area contributed by atoms with Crippen molar-refractivity contribution in [2.45, 2.75) is 46.2 Å². The van der Waals surface area contributed by atoms with Crippen molar-refractivity contribution in [2.75, 3.05) is 18.4 Å². The zero-order valence-electron chi connectivity index (χ0n) is 17.4. The molecule has 1 fully saturated rings. The van der Waals surface area contributed by atoms with E-state index < -0.39 is 0 Å². The molecule has 1 atom stereocenters. The Hall–Kier alpha value is -2.66. The van der Waals surface area contributed by atoms with E-state index in [1.54, 1.807) is 0 Å². The molecule has 0 unspecified atom stereocenters. The lowest BCUT2D eigenvalue weighted by molar-refractivity contribution is -0.120. The zero-order valence-corrected chi connectivity index (χ0v) is 17.4. The minimum absolute atomic E-state index is 0.00123. The molecule has 29 heavy (non-hydrogen) atoms. The number of amides is 2. The van der Waals surface area contributed by atoms with Gasteiger partial charge in [0.15, 0.2) is 0 Å². The number of nitrogens with zero attached hydrogens (tertiary/aromatic N) is 1. The van der Waals surface area contributed by atoms with E-state index in [9.17, 15) is 9.59 Å². The van der Waals surface area contributed by atoms with Crippen LogP contribution in [0.5, 0.6) is 0 Å². The molecule has 3 rings (SSSR count). The van der Waals surface area contributed by atoms with Gasteiger partial charge in [0.1, 0.15) is 0 Å². The smallest absolute Gasteiger partial charge is 0.224 e. The van der Waals surface area contributed by atoms with Crippen LogP contribution in [0, 0.1) is 5.92 Å². The summed E-state index contributed by atoms with van der Waals surface area (Å²) >= 11 is 0. The van der Waals surface area contributed by atoms with Gasteiger partial charge in [-0.15, -0.1) is 0 Å². The molecule has 5 nitrogen and oxygen atoms in total. The Kier molecular flexibility index (Phi) is 7.42. The molecule has 2 N–H and O–H groups in total. The van der Waals surface area contributed by atoms with Crippen LogP contribution in [-0.2, 0) is 29.1 Å². The van der Waals surface area contributed by atoms with Crippen molar-refractivity contribution >= 4 is 17.5 Å². The maximum Gasteiger partial charge on any atom is 0.224 e. The van der Waals surface area contributed by atoms with Crippen molar-refractivity contribution in [2.24, 2.45) is 5.92 Å². The van der Waals surface area contributed by atoms with Gasteiger partial charge in [-0.2, -0.15) is 0 Å². The number of rotatable bonds is 7. The van der Waals surface area contributed by atoms with Crippen LogP contribution >= 0.6 is 0 Å². The predicted molar refractivity (Wildman–Crippen MR) is 116 cm³/mol. The van der Waals surface area contributed by atoms with Crippen molar-refractivity contribution in [1.29, 1.82) is 0 Å². The van der Waals surface area contributed by atoms with Crippen LogP contribution in [-0.4, -0.2) is 29.8 Å². The first-order valence-electron chi connectivity index (χ1n) is 10.4. The number of hydrogen-bond acceptors (Lipinski definition) is 3. The summed E-state index contributed by atoms with van der Waals surface area (Å²) in [4.78, 5) is 26.0. The summed E-state index contributed by atoms with van der Waals surface area (Å²) in [6.45, 7) is 7.59. The third kappa shape index (κ3) is 6.71. The van der Waals surface area contributed by atoms with Gasteiger partial charge >= 0.3 is 0 Å². The molecule has 0 spiro atoms. The highest BCUT2D eigenvalue weighted by molar-refractivity contribution is 5.88. The van der Waals surface area contributed by atoms with Crippen LogP contribution in [0.4, 0.5) is 5.69 Å². The van der Waals surface area contributed by atoms with E-state index in [0.29, 0.717) is 13.0 Å². The highest BCUT2D eigenvalue weighted by Gasteiger charge is 2.17. The van der Waals surface area contributed by atoms with Crippen LogP contribution in [0.1, 0.15) is 43.4 Å². The molecule has 1 aliphatic rings. The lowest BCUT2D eigenvalue weighted by atomic mass is 9.99. The average Bonchev–Trinajstić information content (AvgIpc) is 2.68. The first-order chi connectivity index (χ1) is 14.0. The van der Waals surface area contributed by atoms with E-state index >= 15 is 0 Å². The third-order valence-electron chi connectivity index (χ3n) is 5.37. The Morgan fingerprint density at radius 2 is 1.79 bits per heavy atom. The predicted octanol–water partition coefficient (Wildman–Crippen LogP) is 3.74. The van der Waals surface area contributed by atoms with E-state index in [2.05, 4.69) is 40.7 Å². The number of piperidine rings is 1. The van der Waals surface area contributed by atoms with E-state index in [-0.39, 0.29) is 11.8 Å². The van der Waals surface area contributed by atoms with Gasteiger partial charge in [-0.1, -0.05) is 43.3 Å². The molecule has 0 saturated carbocycles. The molecule has 2 amide bonds. The lowest BCUT2D eigenvalue weighted by Gasteiger charge is -2.31. The minimum atomic E-state index is -0.104. The fourth-order valence-corrected chi connectivity index (χ4v) is 3.91. The van der Waals surface area contributed by atoms with Crippen molar-refractivity contribution in [3.05, 3.63) is 65.2 Å². The lowest BCUT2D eigenvalue weighted by Crippen LogP contribution is -2.34. The highest BCUT2D eigenvalue weighted by Crippen LogP contribution is 2.19. The fourth-order valence-electron chi connectivity index (χ4n) is 3.91. The molecule has 2 aromatic carbocycles. The summed E-state index contributed by atoms with van der Waals surface area (Å²) in [7, 11) is 0. The first-order valence-corrected chi connectivity index (χ1v) is 10.4. The number of anilines is 1. The van der Waals surface area contributed by atoms with Crippen LogP contribution < -0.4 is 10.6 Å². The number of benzene rings is 2. The normalized spacial score (nSPS) is 17.0. The van der Waals surface area contributed by atoms with Gasteiger partial charge < -0.3 is 10.6 Å². The highest BCUT2D eigenvalue weighted by atomic mass is 16.2.